The molecular weight excluding hydrogens is 182 g/mol. The number of ether oxygens (including phenoxy) is 1. The van der Waals surface area contributed by atoms with Crippen LogP contribution in [0, 0.1) is 5.92 Å². The number of hydrazine groups is 1. The molecule has 0 spiro atoms. The summed E-state index contributed by atoms with van der Waals surface area (Å²) < 4.78 is 5.18. The van der Waals surface area contributed by atoms with Crippen LogP contribution >= 0.6 is 0 Å². The van der Waals surface area contributed by atoms with Crippen molar-refractivity contribution in [1.82, 2.24) is 10.4 Å². The van der Waals surface area contributed by atoms with E-state index in [1.807, 2.05) is 11.9 Å². The molecule has 0 aromatic carbocycles. The molecule has 3 N–H and O–H groups in total. The number of carbonyl (C=O) groups is 1. The summed E-state index contributed by atoms with van der Waals surface area (Å²) in [6.45, 7) is 5.25. The zero-order chi connectivity index (χ0) is 10.4. The van der Waals surface area contributed by atoms with Gasteiger partial charge in [-0.2, -0.15) is 0 Å². The summed E-state index contributed by atoms with van der Waals surface area (Å²) in [5.74, 6) is -0.0465. The van der Waals surface area contributed by atoms with Gasteiger partial charge in [-0.15, -0.1) is 0 Å². The van der Waals surface area contributed by atoms with Crippen LogP contribution in [0.25, 0.3) is 0 Å². The van der Waals surface area contributed by atoms with Gasteiger partial charge in [0, 0.05) is 19.6 Å². The number of amides is 1. The lowest BCUT2D eigenvalue weighted by Gasteiger charge is -2.28. The van der Waals surface area contributed by atoms with E-state index in [4.69, 9.17) is 10.5 Å². The largest absolute Gasteiger partial charge is 0.379 e. The van der Waals surface area contributed by atoms with E-state index in [1.165, 1.54) is 0 Å². The van der Waals surface area contributed by atoms with E-state index in [1.54, 1.807) is 0 Å². The van der Waals surface area contributed by atoms with Gasteiger partial charge in [0.1, 0.15) is 0 Å². The van der Waals surface area contributed by atoms with Crippen molar-refractivity contribution in [3.8, 4) is 0 Å². The van der Waals surface area contributed by atoms with Crippen LogP contribution in [0.2, 0.25) is 0 Å². The van der Waals surface area contributed by atoms with Crippen molar-refractivity contribution >= 4 is 5.91 Å². The third kappa shape index (κ3) is 3.25. The van der Waals surface area contributed by atoms with Gasteiger partial charge in [0.15, 0.2) is 0 Å². The average molecular weight is 201 g/mol. The van der Waals surface area contributed by atoms with Crippen LogP contribution in [0.15, 0.2) is 0 Å². The first kappa shape index (κ1) is 11.4. The molecule has 1 rings (SSSR count). The lowest BCUT2D eigenvalue weighted by Crippen LogP contribution is -2.50. The maximum atomic E-state index is 11.6. The molecule has 1 atom stereocenters. The van der Waals surface area contributed by atoms with Gasteiger partial charge in [-0.1, -0.05) is 6.92 Å². The number of hydrogen-bond donors (Lipinski definition) is 2. The number of carbonyl (C=O) groups excluding carboxylic acids is 1. The number of nitrogens with two attached hydrogens (primary N) is 1. The van der Waals surface area contributed by atoms with Gasteiger partial charge in [-0.25, -0.2) is 5.01 Å². The van der Waals surface area contributed by atoms with Crippen molar-refractivity contribution in [3.63, 3.8) is 0 Å². The predicted molar refractivity (Wildman–Crippen MR) is 53.4 cm³/mol. The minimum absolute atomic E-state index is 0.0249. The Morgan fingerprint density at radius 1 is 1.57 bits per heavy atom. The fraction of sp³-hybridized carbons (Fsp3) is 0.889. The highest BCUT2D eigenvalue weighted by atomic mass is 16.5. The minimum atomic E-state index is -0.0714. The molecule has 1 fully saturated rings. The summed E-state index contributed by atoms with van der Waals surface area (Å²) >= 11 is 0. The second-order valence-electron chi connectivity index (χ2n) is 3.42. The molecule has 0 aromatic rings. The van der Waals surface area contributed by atoms with Crippen LogP contribution in [0.3, 0.4) is 0 Å². The van der Waals surface area contributed by atoms with Crippen LogP contribution < -0.4 is 11.2 Å². The summed E-state index contributed by atoms with van der Waals surface area (Å²) in [7, 11) is 0. The number of nitrogens with one attached hydrogen (secondary N) is 1. The van der Waals surface area contributed by atoms with E-state index in [2.05, 4.69) is 5.43 Å². The molecule has 1 unspecified atom stereocenters. The van der Waals surface area contributed by atoms with Crippen molar-refractivity contribution in [2.45, 2.75) is 13.3 Å². The zero-order valence-corrected chi connectivity index (χ0v) is 8.66. The van der Waals surface area contributed by atoms with Crippen molar-refractivity contribution in [2.24, 2.45) is 11.7 Å². The molecule has 0 saturated carbocycles. The van der Waals surface area contributed by atoms with Crippen LogP contribution in [-0.4, -0.2) is 43.8 Å². The molecule has 0 radical (unpaired) electrons. The lowest BCUT2D eigenvalue weighted by atomic mass is 10.1. The fourth-order valence-electron chi connectivity index (χ4n) is 1.38. The van der Waals surface area contributed by atoms with Gasteiger partial charge >= 0.3 is 0 Å². The highest BCUT2D eigenvalue weighted by Crippen LogP contribution is 2.01. The molecule has 1 aliphatic rings. The predicted octanol–water partition coefficient (Wildman–Crippen LogP) is -0.665. The third-order valence-electron chi connectivity index (χ3n) is 2.43. The Balaban J connectivity index is 2.30. The first-order chi connectivity index (χ1) is 6.77. The van der Waals surface area contributed by atoms with Crippen molar-refractivity contribution in [3.05, 3.63) is 0 Å². The Kier molecular flexibility index (Phi) is 4.86. The molecule has 82 valence electrons. The molecule has 0 aromatic heterocycles. The Hall–Kier alpha value is -0.650. The Morgan fingerprint density at radius 2 is 2.21 bits per heavy atom. The SMILES string of the molecule is CCC(CN)C(=O)NN1CCOCC1. The van der Waals surface area contributed by atoms with Gasteiger partial charge in [-0.05, 0) is 6.42 Å². The molecule has 1 saturated heterocycles. The van der Waals surface area contributed by atoms with Crippen molar-refractivity contribution in [2.75, 3.05) is 32.8 Å². The maximum absolute atomic E-state index is 11.6. The average Bonchev–Trinajstić information content (AvgIpc) is 2.21. The first-order valence-electron chi connectivity index (χ1n) is 5.11. The number of nitrogens with zero attached hydrogens (tertiary/aromatic N) is 1. The fourth-order valence-corrected chi connectivity index (χ4v) is 1.38. The van der Waals surface area contributed by atoms with Crippen molar-refractivity contribution < 1.29 is 9.53 Å². The Morgan fingerprint density at radius 3 is 2.71 bits per heavy atom. The minimum Gasteiger partial charge on any atom is -0.379 e. The third-order valence-corrected chi connectivity index (χ3v) is 2.43. The summed E-state index contributed by atoms with van der Waals surface area (Å²) in [4.78, 5) is 11.6. The lowest BCUT2D eigenvalue weighted by molar-refractivity contribution is -0.131. The van der Waals surface area contributed by atoms with E-state index < -0.39 is 0 Å². The zero-order valence-electron chi connectivity index (χ0n) is 8.66. The van der Waals surface area contributed by atoms with Gasteiger partial charge in [0.05, 0.1) is 19.1 Å². The van der Waals surface area contributed by atoms with Gasteiger partial charge < -0.3 is 10.5 Å². The molecule has 14 heavy (non-hydrogen) atoms. The van der Waals surface area contributed by atoms with Gasteiger partial charge in [0.2, 0.25) is 5.91 Å². The van der Waals surface area contributed by atoms with Gasteiger partial charge in [0.25, 0.3) is 0 Å². The van der Waals surface area contributed by atoms with Gasteiger partial charge in [-0.3, -0.25) is 10.2 Å². The molecule has 0 bridgehead atoms. The monoisotopic (exact) mass is 201 g/mol. The number of rotatable bonds is 4. The second-order valence-corrected chi connectivity index (χ2v) is 3.42. The molecule has 5 nitrogen and oxygen atoms in total. The molecule has 1 amide bonds. The number of hydrogen-bond acceptors (Lipinski definition) is 4. The topological polar surface area (TPSA) is 67.6 Å². The Labute approximate surface area is 84.5 Å². The van der Waals surface area contributed by atoms with E-state index in [0.29, 0.717) is 19.8 Å². The molecule has 1 aliphatic heterocycles. The Bertz CT molecular complexity index is 177. The molecule has 5 heteroatoms. The first-order valence-corrected chi connectivity index (χ1v) is 5.11. The standard InChI is InChI=1S/C9H19N3O2/c1-2-8(7-10)9(13)11-12-3-5-14-6-4-12/h8H,2-7,10H2,1H3,(H,11,13). The van der Waals surface area contributed by atoms with Crippen LogP contribution in [0.1, 0.15) is 13.3 Å². The van der Waals surface area contributed by atoms with E-state index in [-0.39, 0.29) is 11.8 Å². The molecule has 0 aliphatic carbocycles. The number of morpholine rings is 1. The highest BCUT2D eigenvalue weighted by molar-refractivity contribution is 5.78. The molecular formula is C9H19N3O2. The maximum Gasteiger partial charge on any atom is 0.238 e. The van der Waals surface area contributed by atoms with E-state index >= 15 is 0 Å². The van der Waals surface area contributed by atoms with E-state index in [9.17, 15) is 4.79 Å². The molecule has 1 heterocycles. The second kappa shape index (κ2) is 5.95. The van der Waals surface area contributed by atoms with Crippen LogP contribution in [0.4, 0.5) is 0 Å². The smallest absolute Gasteiger partial charge is 0.238 e. The highest BCUT2D eigenvalue weighted by Gasteiger charge is 2.18. The van der Waals surface area contributed by atoms with Crippen molar-refractivity contribution in [1.29, 1.82) is 0 Å². The summed E-state index contributed by atoms with van der Waals surface area (Å²) in [5, 5.41) is 1.89. The summed E-state index contributed by atoms with van der Waals surface area (Å²) in [5.41, 5.74) is 8.34. The normalized spacial score (nSPS) is 20.4. The van der Waals surface area contributed by atoms with Crippen LogP contribution in [0.5, 0.6) is 0 Å². The summed E-state index contributed by atoms with van der Waals surface area (Å²) in [6.07, 6.45) is 0.784. The van der Waals surface area contributed by atoms with Crippen LogP contribution in [-0.2, 0) is 9.53 Å². The quantitative estimate of drug-likeness (QED) is 0.633. The van der Waals surface area contributed by atoms with E-state index in [0.717, 1.165) is 19.5 Å². The summed E-state index contributed by atoms with van der Waals surface area (Å²) in [6, 6.07) is 0.